The lowest BCUT2D eigenvalue weighted by atomic mass is 9.86. The summed E-state index contributed by atoms with van der Waals surface area (Å²) < 4.78 is 7.09. The first kappa shape index (κ1) is 18.2. The van der Waals surface area contributed by atoms with Crippen LogP contribution in [0.25, 0.3) is 0 Å². The Labute approximate surface area is 153 Å². The highest BCUT2D eigenvalue weighted by molar-refractivity contribution is 5.89. The predicted molar refractivity (Wildman–Crippen MR) is 98.9 cm³/mol. The van der Waals surface area contributed by atoms with Gasteiger partial charge in [0.2, 0.25) is 11.8 Å². The van der Waals surface area contributed by atoms with Crippen LogP contribution in [0.1, 0.15) is 18.4 Å². The van der Waals surface area contributed by atoms with Gasteiger partial charge in [-0.1, -0.05) is 6.07 Å². The number of nitrogens with one attached hydrogen (secondary N) is 2. The molecule has 1 amide bonds. The van der Waals surface area contributed by atoms with Crippen LogP contribution in [0.4, 0.5) is 5.82 Å². The van der Waals surface area contributed by atoms with Gasteiger partial charge in [0.15, 0.2) is 0 Å². The fourth-order valence-corrected chi connectivity index (χ4v) is 3.45. The molecule has 8 nitrogen and oxygen atoms in total. The molecular formula is C18H26N6O2. The van der Waals surface area contributed by atoms with Crippen LogP contribution in [-0.4, -0.2) is 58.4 Å². The number of aryl methyl sites for hydroxylation is 1. The predicted octanol–water partition coefficient (Wildman–Crippen LogP) is 1.02. The van der Waals surface area contributed by atoms with Crippen molar-refractivity contribution < 1.29 is 9.53 Å². The molecule has 3 heterocycles. The van der Waals surface area contributed by atoms with E-state index in [4.69, 9.17) is 4.74 Å². The largest absolute Gasteiger partial charge is 0.481 e. The monoisotopic (exact) mass is 358 g/mol. The highest BCUT2D eigenvalue weighted by atomic mass is 16.5. The van der Waals surface area contributed by atoms with Crippen LogP contribution in [0.3, 0.4) is 0 Å². The number of ether oxygens (including phenoxy) is 1. The Morgan fingerprint density at radius 3 is 2.69 bits per heavy atom. The number of anilines is 1. The van der Waals surface area contributed by atoms with E-state index in [9.17, 15) is 4.79 Å². The van der Waals surface area contributed by atoms with E-state index in [-0.39, 0.29) is 5.91 Å². The zero-order chi connectivity index (χ0) is 18.6. The lowest BCUT2D eigenvalue weighted by Crippen LogP contribution is -2.57. The number of likely N-dealkylation sites (N-methyl/N-ethyl adjacent to an activating group) is 1. The number of carbonyl (C=O) groups is 1. The highest BCUT2D eigenvalue weighted by Gasteiger charge is 2.41. The lowest BCUT2D eigenvalue weighted by molar-refractivity contribution is -0.126. The number of amides is 1. The zero-order valence-corrected chi connectivity index (χ0v) is 15.5. The van der Waals surface area contributed by atoms with Crippen molar-refractivity contribution in [3.63, 3.8) is 0 Å². The second kappa shape index (κ2) is 7.74. The van der Waals surface area contributed by atoms with Gasteiger partial charge < -0.3 is 15.4 Å². The first-order chi connectivity index (χ1) is 12.6. The van der Waals surface area contributed by atoms with E-state index in [1.807, 2.05) is 25.2 Å². The number of hydrogen-bond acceptors (Lipinski definition) is 6. The molecule has 0 atom stereocenters. The molecule has 0 radical (unpaired) electrons. The molecule has 3 rings (SSSR count). The van der Waals surface area contributed by atoms with Crippen molar-refractivity contribution in [1.82, 2.24) is 25.0 Å². The van der Waals surface area contributed by atoms with Crippen molar-refractivity contribution in [2.75, 3.05) is 32.6 Å². The van der Waals surface area contributed by atoms with Gasteiger partial charge >= 0.3 is 0 Å². The van der Waals surface area contributed by atoms with E-state index in [1.165, 1.54) is 0 Å². The molecule has 1 fully saturated rings. The molecule has 0 aliphatic carbocycles. The molecule has 2 N–H and O–H groups in total. The van der Waals surface area contributed by atoms with Gasteiger partial charge in [0.1, 0.15) is 11.4 Å². The molecule has 0 spiro atoms. The summed E-state index contributed by atoms with van der Waals surface area (Å²) in [6.45, 7) is 2.36. The van der Waals surface area contributed by atoms with Gasteiger partial charge in [-0.25, -0.2) is 4.98 Å². The minimum absolute atomic E-state index is 0.0114. The second-order valence-electron chi connectivity index (χ2n) is 6.57. The zero-order valence-electron chi connectivity index (χ0n) is 15.5. The Hall–Kier alpha value is -2.61. The molecular weight excluding hydrogens is 332 g/mol. The summed E-state index contributed by atoms with van der Waals surface area (Å²) in [5.74, 6) is 1.51. The Morgan fingerprint density at radius 1 is 1.31 bits per heavy atom. The van der Waals surface area contributed by atoms with Gasteiger partial charge in [-0.15, -0.1) is 0 Å². The van der Waals surface area contributed by atoms with Crippen LogP contribution >= 0.6 is 0 Å². The van der Waals surface area contributed by atoms with E-state index >= 15 is 0 Å². The summed E-state index contributed by atoms with van der Waals surface area (Å²) in [5, 5.41) is 10.4. The first-order valence-electron chi connectivity index (χ1n) is 8.76. The Balaban J connectivity index is 1.70. The third-order valence-electron chi connectivity index (χ3n) is 5.00. The minimum atomic E-state index is -0.627. The fourth-order valence-electron chi connectivity index (χ4n) is 3.45. The van der Waals surface area contributed by atoms with Crippen molar-refractivity contribution >= 4 is 11.7 Å². The summed E-state index contributed by atoms with van der Waals surface area (Å²) in [5.41, 5.74) is 0.431. The maximum atomic E-state index is 12.6. The third kappa shape index (κ3) is 3.65. The van der Waals surface area contributed by atoms with E-state index < -0.39 is 5.54 Å². The summed E-state index contributed by atoms with van der Waals surface area (Å²) in [6, 6.07) is 5.83. The number of nitrogens with zero attached hydrogens (tertiary/aromatic N) is 4. The Kier molecular flexibility index (Phi) is 5.41. The number of likely N-dealkylation sites (tertiary alicyclic amines) is 1. The van der Waals surface area contributed by atoms with Gasteiger partial charge in [-0.2, -0.15) is 5.10 Å². The van der Waals surface area contributed by atoms with Gasteiger partial charge in [-0.05, 0) is 18.9 Å². The number of piperidine rings is 1. The number of carbonyl (C=O) groups excluding carboxylic acids is 1. The molecule has 26 heavy (non-hydrogen) atoms. The van der Waals surface area contributed by atoms with Crippen molar-refractivity contribution in [3.05, 3.63) is 36.2 Å². The summed E-state index contributed by atoms with van der Waals surface area (Å²) in [4.78, 5) is 19.2. The van der Waals surface area contributed by atoms with Crippen LogP contribution in [0.2, 0.25) is 0 Å². The van der Waals surface area contributed by atoms with Crippen LogP contribution in [0.15, 0.2) is 30.6 Å². The molecule has 0 bridgehead atoms. The van der Waals surface area contributed by atoms with Crippen LogP contribution in [-0.2, 0) is 18.4 Å². The maximum absolute atomic E-state index is 12.6. The van der Waals surface area contributed by atoms with E-state index in [0.717, 1.165) is 31.0 Å². The minimum Gasteiger partial charge on any atom is -0.481 e. The molecule has 2 aromatic rings. The molecule has 2 aromatic heterocycles. The number of hydrogen-bond donors (Lipinski definition) is 2. The smallest absolute Gasteiger partial charge is 0.245 e. The molecule has 140 valence electrons. The van der Waals surface area contributed by atoms with Crippen molar-refractivity contribution in [2.24, 2.45) is 7.05 Å². The maximum Gasteiger partial charge on any atom is 0.245 e. The fraction of sp³-hybridized carbons (Fsp3) is 0.500. The first-order valence-corrected chi connectivity index (χ1v) is 8.76. The Bertz CT molecular complexity index is 752. The average molecular weight is 358 g/mol. The molecule has 0 saturated carbocycles. The topological polar surface area (TPSA) is 84.3 Å². The second-order valence-corrected chi connectivity index (χ2v) is 6.57. The SMILES string of the molecule is CNC(=O)C1(Nc2ccnn2C)CCN(Cc2cccnc2OC)CC1. The number of methoxy groups -OCH3 is 1. The number of aromatic nitrogens is 3. The van der Waals surface area contributed by atoms with E-state index in [0.29, 0.717) is 18.7 Å². The van der Waals surface area contributed by atoms with Crippen molar-refractivity contribution in [1.29, 1.82) is 0 Å². The van der Waals surface area contributed by atoms with E-state index in [2.05, 4.69) is 25.6 Å². The van der Waals surface area contributed by atoms with Crippen LogP contribution < -0.4 is 15.4 Å². The summed E-state index contributed by atoms with van der Waals surface area (Å²) in [7, 11) is 5.18. The average Bonchev–Trinajstić information content (AvgIpc) is 3.07. The van der Waals surface area contributed by atoms with Crippen molar-refractivity contribution in [2.45, 2.75) is 24.9 Å². The lowest BCUT2D eigenvalue weighted by Gasteiger charge is -2.41. The third-order valence-corrected chi connectivity index (χ3v) is 5.00. The molecule has 1 aliphatic rings. The van der Waals surface area contributed by atoms with Crippen LogP contribution in [0, 0.1) is 0 Å². The molecule has 0 unspecified atom stereocenters. The quantitative estimate of drug-likeness (QED) is 0.802. The van der Waals surface area contributed by atoms with Crippen LogP contribution in [0.5, 0.6) is 5.88 Å². The number of pyridine rings is 1. The molecule has 0 aromatic carbocycles. The highest BCUT2D eigenvalue weighted by Crippen LogP contribution is 2.29. The normalized spacial score (nSPS) is 16.9. The summed E-state index contributed by atoms with van der Waals surface area (Å²) >= 11 is 0. The molecule has 8 heteroatoms. The van der Waals surface area contributed by atoms with Gasteiger partial charge in [-0.3, -0.25) is 14.4 Å². The number of rotatable bonds is 6. The molecule has 1 aliphatic heterocycles. The Morgan fingerprint density at radius 2 is 2.08 bits per heavy atom. The summed E-state index contributed by atoms with van der Waals surface area (Å²) in [6.07, 6.45) is 4.87. The van der Waals surface area contributed by atoms with Gasteiger partial charge in [0, 0.05) is 51.6 Å². The van der Waals surface area contributed by atoms with Crippen molar-refractivity contribution in [3.8, 4) is 5.88 Å². The van der Waals surface area contributed by atoms with Gasteiger partial charge in [0.05, 0.1) is 13.3 Å². The van der Waals surface area contributed by atoms with E-state index in [1.54, 1.807) is 31.2 Å². The standard InChI is InChI=1S/C18H26N6O2/c1-19-17(25)18(22-15-6-10-21-23(15)2)7-11-24(12-8-18)13-14-5-4-9-20-16(14)26-3/h4-6,9-10,22H,7-8,11-13H2,1-3H3,(H,19,25). The molecule has 1 saturated heterocycles. The van der Waals surface area contributed by atoms with Gasteiger partial charge in [0.25, 0.3) is 0 Å².